The number of hydrogen-bond acceptors (Lipinski definition) is 3. The summed E-state index contributed by atoms with van der Waals surface area (Å²) in [6.07, 6.45) is 5.29. The normalized spacial score (nSPS) is 10.5. The van der Waals surface area contributed by atoms with Gasteiger partial charge in [-0.15, -0.1) is 0 Å². The number of rotatable bonds is 4. The largest absolute Gasteiger partial charge is 0.466 e. The summed E-state index contributed by atoms with van der Waals surface area (Å²) in [5.74, 6) is 0.621. The Bertz CT molecular complexity index is 358. The molecule has 0 saturated carbocycles. The van der Waals surface area contributed by atoms with Gasteiger partial charge in [-0.1, -0.05) is 24.3 Å². The monoisotopic (exact) mass is 222 g/mol. The van der Waals surface area contributed by atoms with Crippen LogP contribution in [-0.2, 0) is 15.3 Å². The highest BCUT2D eigenvalue weighted by atomic mass is 32.2. The van der Waals surface area contributed by atoms with E-state index in [1.165, 1.54) is 18.7 Å². The van der Waals surface area contributed by atoms with Gasteiger partial charge in [-0.2, -0.15) is 11.8 Å². The van der Waals surface area contributed by atoms with Gasteiger partial charge in [0.15, 0.2) is 0 Å². The van der Waals surface area contributed by atoms with Crippen LogP contribution in [0, 0.1) is 0 Å². The third kappa shape index (κ3) is 3.80. The molecule has 80 valence electrons. The van der Waals surface area contributed by atoms with Crippen LogP contribution in [0.2, 0.25) is 0 Å². The van der Waals surface area contributed by atoms with Gasteiger partial charge in [0.05, 0.1) is 7.11 Å². The highest BCUT2D eigenvalue weighted by molar-refractivity contribution is 7.97. The van der Waals surface area contributed by atoms with Gasteiger partial charge in [0.2, 0.25) is 0 Å². The minimum absolute atomic E-state index is 0.325. The highest BCUT2D eigenvalue weighted by Crippen LogP contribution is 2.15. The Kier molecular flexibility index (Phi) is 4.98. The summed E-state index contributed by atoms with van der Waals surface area (Å²) in [7, 11) is 1.38. The van der Waals surface area contributed by atoms with Crippen molar-refractivity contribution in [2.24, 2.45) is 0 Å². The molecule has 0 aliphatic heterocycles. The molecule has 0 aromatic heterocycles. The van der Waals surface area contributed by atoms with Crippen molar-refractivity contribution >= 4 is 23.8 Å². The van der Waals surface area contributed by atoms with E-state index in [-0.39, 0.29) is 5.97 Å². The van der Waals surface area contributed by atoms with Crippen LogP contribution in [0.5, 0.6) is 0 Å². The van der Waals surface area contributed by atoms with Crippen molar-refractivity contribution in [1.29, 1.82) is 0 Å². The van der Waals surface area contributed by atoms with Gasteiger partial charge in [-0.3, -0.25) is 0 Å². The summed E-state index contributed by atoms with van der Waals surface area (Å²) < 4.78 is 4.54. The van der Waals surface area contributed by atoms with E-state index in [9.17, 15) is 4.79 Å². The topological polar surface area (TPSA) is 26.3 Å². The zero-order valence-electron chi connectivity index (χ0n) is 8.90. The zero-order valence-corrected chi connectivity index (χ0v) is 9.71. The minimum Gasteiger partial charge on any atom is -0.466 e. The van der Waals surface area contributed by atoms with E-state index < -0.39 is 0 Å². The summed E-state index contributed by atoms with van der Waals surface area (Å²) >= 11 is 1.76. The van der Waals surface area contributed by atoms with Crippen LogP contribution < -0.4 is 0 Å². The lowest BCUT2D eigenvalue weighted by Crippen LogP contribution is -1.94. The van der Waals surface area contributed by atoms with Crippen molar-refractivity contribution in [2.75, 3.05) is 13.4 Å². The predicted octanol–water partition coefficient (Wildman–Crippen LogP) is 2.74. The average molecular weight is 222 g/mol. The third-order valence-electron chi connectivity index (χ3n) is 1.96. The number of carbonyl (C=O) groups is 1. The number of benzene rings is 1. The molecule has 1 aromatic rings. The van der Waals surface area contributed by atoms with E-state index in [0.29, 0.717) is 0 Å². The zero-order chi connectivity index (χ0) is 11.1. The van der Waals surface area contributed by atoms with Crippen molar-refractivity contribution in [3.8, 4) is 0 Å². The van der Waals surface area contributed by atoms with Gasteiger partial charge in [-0.05, 0) is 23.5 Å². The Balaban J connectivity index is 2.83. The van der Waals surface area contributed by atoms with Crippen LogP contribution in [0.15, 0.2) is 30.3 Å². The summed E-state index contributed by atoms with van der Waals surface area (Å²) in [6.45, 7) is 0. The molecule has 1 aromatic carbocycles. The number of ether oxygens (including phenoxy) is 1. The molecular weight excluding hydrogens is 208 g/mol. The van der Waals surface area contributed by atoms with E-state index in [1.54, 1.807) is 17.8 Å². The number of thioether (sulfide) groups is 1. The molecule has 0 spiro atoms. The first-order chi connectivity index (χ1) is 7.27. The Morgan fingerprint density at radius 1 is 1.47 bits per heavy atom. The van der Waals surface area contributed by atoms with E-state index in [0.717, 1.165) is 11.3 Å². The van der Waals surface area contributed by atoms with Gasteiger partial charge in [0, 0.05) is 11.8 Å². The van der Waals surface area contributed by atoms with Gasteiger partial charge in [0.1, 0.15) is 0 Å². The van der Waals surface area contributed by atoms with Gasteiger partial charge < -0.3 is 4.74 Å². The fourth-order valence-electron chi connectivity index (χ4n) is 1.21. The molecule has 0 radical (unpaired) electrons. The molecule has 2 nitrogen and oxygen atoms in total. The van der Waals surface area contributed by atoms with Crippen LogP contribution in [0.4, 0.5) is 0 Å². The van der Waals surface area contributed by atoms with Crippen molar-refractivity contribution in [1.82, 2.24) is 0 Å². The molecule has 0 N–H and O–H groups in total. The maximum absolute atomic E-state index is 10.9. The second-order valence-corrected chi connectivity index (χ2v) is 3.85. The van der Waals surface area contributed by atoms with Crippen LogP contribution in [0.25, 0.3) is 6.08 Å². The highest BCUT2D eigenvalue weighted by Gasteiger charge is 1.98. The van der Waals surface area contributed by atoms with E-state index in [2.05, 4.69) is 17.1 Å². The van der Waals surface area contributed by atoms with Gasteiger partial charge in [0.25, 0.3) is 0 Å². The van der Waals surface area contributed by atoms with E-state index >= 15 is 0 Å². The van der Waals surface area contributed by atoms with E-state index in [1.807, 2.05) is 18.2 Å². The minimum atomic E-state index is -0.325. The van der Waals surface area contributed by atoms with Crippen LogP contribution >= 0.6 is 11.8 Å². The van der Waals surface area contributed by atoms with Crippen LogP contribution in [-0.4, -0.2) is 19.3 Å². The number of esters is 1. The van der Waals surface area contributed by atoms with Crippen LogP contribution in [0.1, 0.15) is 11.1 Å². The first kappa shape index (κ1) is 11.9. The molecule has 1 rings (SSSR count). The van der Waals surface area contributed by atoms with Gasteiger partial charge in [-0.25, -0.2) is 4.79 Å². The summed E-state index contributed by atoms with van der Waals surface area (Å²) in [5.41, 5.74) is 2.29. The molecule has 3 heteroatoms. The van der Waals surface area contributed by atoms with Crippen molar-refractivity contribution in [3.63, 3.8) is 0 Å². The molecule has 0 heterocycles. The van der Waals surface area contributed by atoms with E-state index in [4.69, 9.17) is 0 Å². The number of carbonyl (C=O) groups excluding carboxylic acids is 1. The molecule has 0 fully saturated rings. The molecule has 0 aliphatic rings. The van der Waals surface area contributed by atoms with Crippen molar-refractivity contribution in [3.05, 3.63) is 41.5 Å². The number of methoxy groups -OCH3 is 1. The molecule has 0 bridgehead atoms. The summed E-state index contributed by atoms with van der Waals surface area (Å²) in [5, 5.41) is 0. The molecular formula is C12H14O2S. The molecule has 15 heavy (non-hydrogen) atoms. The molecule has 0 saturated heterocycles. The number of hydrogen-bond donors (Lipinski definition) is 0. The lowest BCUT2D eigenvalue weighted by Gasteiger charge is -2.03. The molecule has 0 aliphatic carbocycles. The maximum Gasteiger partial charge on any atom is 0.330 e. The summed E-state index contributed by atoms with van der Waals surface area (Å²) in [6, 6.07) is 8.01. The second-order valence-electron chi connectivity index (χ2n) is 2.99. The standard InChI is InChI=1S/C12H14O2S/c1-14-12(13)8-7-10-5-3-4-6-11(10)9-15-2/h3-8H,9H2,1-2H3. The molecule has 0 unspecified atom stereocenters. The predicted molar refractivity (Wildman–Crippen MR) is 64.7 cm³/mol. The Morgan fingerprint density at radius 2 is 2.20 bits per heavy atom. The van der Waals surface area contributed by atoms with Crippen molar-refractivity contribution in [2.45, 2.75) is 5.75 Å². The summed E-state index contributed by atoms with van der Waals surface area (Å²) in [4.78, 5) is 10.9. The quantitative estimate of drug-likeness (QED) is 0.579. The molecule has 0 amide bonds. The third-order valence-corrected chi connectivity index (χ3v) is 2.55. The fourth-order valence-corrected chi connectivity index (χ4v) is 1.78. The smallest absolute Gasteiger partial charge is 0.330 e. The maximum atomic E-state index is 10.9. The van der Waals surface area contributed by atoms with Crippen molar-refractivity contribution < 1.29 is 9.53 Å². The Labute approximate surface area is 94.3 Å². The second kappa shape index (κ2) is 6.30. The Morgan fingerprint density at radius 3 is 2.87 bits per heavy atom. The molecule has 0 atom stereocenters. The lowest BCUT2D eigenvalue weighted by atomic mass is 10.1. The van der Waals surface area contributed by atoms with Crippen LogP contribution in [0.3, 0.4) is 0 Å². The Hall–Kier alpha value is -1.22. The first-order valence-electron chi connectivity index (χ1n) is 4.61. The van der Waals surface area contributed by atoms with Gasteiger partial charge >= 0.3 is 5.97 Å². The lowest BCUT2D eigenvalue weighted by molar-refractivity contribution is -0.134. The SMILES string of the molecule is COC(=O)C=Cc1ccccc1CSC. The fraction of sp³-hybridized carbons (Fsp3) is 0.250. The average Bonchev–Trinajstić information content (AvgIpc) is 2.28. The first-order valence-corrected chi connectivity index (χ1v) is 6.00.